The molecule has 1 amide bonds. The van der Waals surface area contributed by atoms with Crippen molar-refractivity contribution in [3.8, 4) is 0 Å². The molecule has 0 spiro atoms. The summed E-state index contributed by atoms with van der Waals surface area (Å²) < 4.78 is 11.1. The Morgan fingerprint density at radius 3 is 3.14 bits per heavy atom. The lowest BCUT2D eigenvalue weighted by atomic mass is 10.1. The van der Waals surface area contributed by atoms with Crippen molar-refractivity contribution in [3.63, 3.8) is 0 Å². The van der Waals surface area contributed by atoms with E-state index in [0.717, 1.165) is 30.0 Å². The predicted molar refractivity (Wildman–Crippen MR) is 101 cm³/mol. The molecule has 2 aromatic heterocycles. The van der Waals surface area contributed by atoms with E-state index in [1.807, 2.05) is 23.1 Å². The Balaban J connectivity index is 1.17. The second-order valence-corrected chi connectivity index (χ2v) is 7.69. The van der Waals surface area contributed by atoms with E-state index in [9.17, 15) is 4.79 Å². The number of nitrogens with one attached hydrogen (secondary N) is 1. The summed E-state index contributed by atoms with van der Waals surface area (Å²) in [5, 5.41) is 4.07. The highest BCUT2D eigenvalue weighted by molar-refractivity contribution is 5.97. The Labute approximate surface area is 162 Å². The van der Waals surface area contributed by atoms with Crippen LogP contribution < -0.4 is 0 Å². The molecule has 1 unspecified atom stereocenters. The molecule has 0 radical (unpaired) electrons. The first-order valence-electron chi connectivity index (χ1n) is 9.89. The van der Waals surface area contributed by atoms with Crippen LogP contribution >= 0.6 is 0 Å². The average Bonchev–Trinajstić information content (AvgIpc) is 3.13. The van der Waals surface area contributed by atoms with Gasteiger partial charge in [-0.15, -0.1) is 0 Å². The summed E-state index contributed by atoms with van der Waals surface area (Å²) in [5.74, 6) is 2.18. The van der Waals surface area contributed by atoms with Crippen molar-refractivity contribution in [1.29, 1.82) is 0 Å². The molecule has 1 aromatic carbocycles. The van der Waals surface area contributed by atoms with Crippen molar-refractivity contribution >= 4 is 16.9 Å². The molecule has 8 nitrogen and oxygen atoms in total. The summed E-state index contributed by atoms with van der Waals surface area (Å²) in [5.41, 5.74) is 2.39. The molecule has 1 aliphatic heterocycles. The van der Waals surface area contributed by atoms with E-state index in [1.54, 1.807) is 6.33 Å². The fraction of sp³-hybridized carbons (Fsp3) is 0.500. The van der Waals surface area contributed by atoms with E-state index in [-0.39, 0.29) is 11.8 Å². The molecule has 1 atom stereocenters. The number of benzene rings is 1. The number of rotatable bonds is 7. The zero-order valence-corrected chi connectivity index (χ0v) is 15.6. The largest absolute Gasteiger partial charge is 0.381 e. The number of hydrogen-bond donors (Lipinski definition) is 1. The second-order valence-electron chi connectivity index (χ2n) is 7.69. The number of aromatic nitrogens is 4. The van der Waals surface area contributed by atoms with E-state index < -0.39 is 0 Å². The number of amides is 1. The highest BCUT2D eigenvalue weighted by Gasteiger charge is 2.31. The van der Waals surface area contributed by atoms with Gasteiger partial charge in [0.1, 0.15) is 0 Å². The third kappa shape index (κ3) is 3.64. The highest BCUT2D eigenvalue weighted by atomic mass is 16.5. The van der Waals surface area contributed by atoms with Crippen LogP contribution in [0.3, 0.4) is 0 Å². The molecular weight excluding hydrogens is 358 g/mol. The van der Waals surface area contributed by atoms with Crippen LogP contribution in [0.5, 0.6) is 0 Å². The molecule has 1 saturated heterocycles. The predicted octanol–water partition coefficient (Wildman–Crippen LogP) is 2.54. The Kier molecular flexibility index (Phi) is 4.56. The average molecular weight is 381 g/mol. The summed E-state index contributed by atoms with van der Waals surface area (Å²) in [6.07, 6.45) is 5.71. The van der Waals surface area contributed by atoms with Crippen molar-refractivity contribution in [2.75, 3.05) is 26.3 Å². The van der Waals surface area contributed by atoms with Crippen molar-refractivity contribution in [2.24, 2.45) is 5.92 Å². The van der Waals surface area contributed by atoms with Crippen molar-refractivity contribution < 1.29 is 14.1 Å². The Hall–Kier alpha value is -2.74. The molecule has 1 aliphatic carbocycles. The summed E-state index contributed by atoms with van der Waals surface area (Å²) >= 11 is 0. The minimum Gasteiger partial charge on any atom is -0.381 e. The molecule has 5 rings (SSSR count). The van der Waals surface area contributed by atoms with Crippen LogP contribution in [0.1, 0.15) is 47.3 Å². The van der Waals surface area contributed by atoms with Crippen LogP contribution in [0, 0.1) is 5.92 Å². The summed E-state index contributed by atoms with van der Waals surface area (Å²) in [4.78, 5) is 26.4. The molecule has 0 bridgehead atoms. The van der Waals surface area contributed by atoms with Gasteiger partial charge in [0.25, 0.3) is 5.91 Å². The summed E-state index contributed by atoms with van der Waals surface area (Å²) in [7, 11) is 0. The zero-order valence-electron chi connectivity index (χ0n) is 15.6. The van der Waals surface area contributed by atoms with Crippen LogP contribution in [0.2, 0.25) is 0 Å². The van der Waals surface area contributed by atoms with Gasteiger partial charge in [0.2, 0.25) is 5.89 Å². The van der Waals surface area contributed by atoms with Gasteiger partial charge in [-0.1, -0.05) is 5.16 Å². The van der Waals surface area contributed by atoms with Gasteiger partial charge < -0.3 is 19.1 Å². The Bertz CT molecular complexity index is 977. The normalized spacial score (nSPS) is 19.6. The number of carbonyl (C=O) groups is 1. The number of imidazole rings is 1. The van der Waals surface area contributed by atoms with Gasteiger partial charge in [0, 0.05) is 31.7 Å². The van der Waals surface area contributed by atoms with Gasteiger partial charge in [0.05, 0.1) is 29.9 Å². The van der Waals surface area contributed by atoms with Crippen molar-refractivity contribution in [3.05, 3.63) is 41.8 Å². The fourth-order valence-corrected chi connectivity index (χ4v) is 3.63. The smallest absolute Gasteiger partial charge is 0.253 e. The minimum absolute atomic E-state index is 0.0206. The van der Waals surface area contributed by atoms with Crippen LogP contribution in [0.4, 0.5) is 0 Å². The molecule has 1 saturated carbocycles. The van der Waals surface area contributed by atoms with E-state index >= 15 is 0 Å². The quantitative estimate of drug-likeness (QED) is 0.632. The molecule has 28 heavy (non-hydrogen) atoms. The van der Waals surface area contributed by atoms with Gasteiger partial charge in [-0.2, -0.15) is 4.98 Å². The number of fused-ring (bicyclic) bond motifs is 1. The number of carbonyl (C=O) groups excluding carboxylic acids is 1. The van der Waals surface area contributed by atoms with Crippen LogP contribution in [-0.2, 0) is 11.2 Å². The molecule has 146 valence electrons. The molecule has 3 aromatic rings. The van der Waals surface area contributed by atoms with E-state index in [0.29, 0.717) is 43.4 Å². The third-order valence-corrected chi connectivity index (χ3v) is 5.50. The van der Waals surface area contributed by atoms with Crippen LogP contribution in [0.15, 0.2) is 29.0 Å². The monoisotopic (exact) mass is 381 g/mol. The number of ether oxygens (including phenoxy) is 1. The maximum atomic E-state index is 12.8. The first-order valence-corrected chi connectivity index (χ1v) is 9.89. The van der Waals surface area contributed by atoms with Gasteiger partial charge in [-0.05, 0) is 43.4 Å². The Morgan fingerprint density at radius 2 is 2.25 bits per heavy atom. The fourth-order valence-electron chi connectivity index (χ4n) is 3.63. The topological polar surface area (TPSA) is 97.1 Å². The maximum absolute atomic E-state index is 12.8. The number of H-pyrrole nitrogens is 1. The summed E-state index contributed by atoms with van der Waals surface area (Å²) in [6, 6.07) is 5.54. The van der Waals surface area contributed by atoms with Gasteiger partial charge in [-0.25, -0.2) is 4.98 Å². The minimum atomic E-state index is 0.0206. The lowest BCUT2D eigenvalue weighted by Crippen LogP contribution is -2.28. The SMILES string of the molecule is O=C(c1ccc2nc[nH]c2c1)N1CCC(c2nc(CCOCC3CC3)no2)C1. The van der Waals surface area contributed by atoms with Crippen LogP contribution in [-0.4, -0.2) is 57.2 Å². The first kappa shape index (κ1) is 17.4. The number of likely N-dealkylation sites (tertiary alicyclic amines) is 1. The third-order valence-electron chi connectivity index (χ3n) is 5.50. The van der Waals surface area contributed by atoms with E-state index in [2.05, 4.69) is 20.1 Å². The number of nitrogens with zero attached hydrogens (tertiary/aromatic N) is 4. The lowest BCUT2D eigenvalue weighted by molar-refractivity contribution is 0.0789. The maximum Gasteiger partial charge on any atom is 0.253 e. The summed E-state index contributed by atoms with van der Waals surface area (Å²) in [6.45, 7) is 2.75. The number of aromatic amines is 1. The van der Waals surface area contributed by atoms with Gasteiger partial charge in [0.15, 0.2) is 5.82 Å². The van der Waals surface area contributed by atoms with Crippen molar-refractivity contribution in [1.82, 2.24) is 25.0 Å². The molecule has 1 N–H and O–H groups in total. The van der Waals surface area contributed by atoms with Crippen LogP contribution in [0.25, 0.3) is 11.0 Å². The first-order chi connectivity index (χ1) is 13.8. The second kappa shape index (κ2) is 7.35. The molecule has 8 heteroatoms. The van der Waals surface area contributed by atoms with E-state index in [1.165, 1.54) is 12.8 Å². The standard InChI is InChI=1S/C20H23N5O3/c26-20(14-3-4-16-17(9-14)22-12-21-16)25-7-5-15(10-25)19-23-18(24-28-19)6-8-27-11-13-1-2-13/h3-4,9,12-13,15H,1-2,5-8,10-11H2,(H,21,22). The molecule has 2 fully saturated rings. The zero-order chi connectivity index (χ0) is 18.9. The Morgan fingerprint density at radius 1 is 1.32 bits per heavy atom. The number of hydrogen-bond acceptors (Lipinski definition) is 6. The molecule has 3 heterocycles. The molecule has 2 aliphatic rings. The highest BCUT2D eigenvalue weighted by Crippen LogP contribution is 2.29. The van der Waals surface area contributed by atoms with Crippen molar-refractivity contribution in [2.45, 2.75) is 31.6 Å². The molecular formula is C20H23N5O3. The lowest BCUT2D eigenvalue weighted by Gasteiger charge is -2.15. The van der Waals surface area contributed by atoms with Gasteiger partial charge in [-0.3, -0.25) is 4.79 Å². The van der Waals surface area contributed by atoms with E-state index in [4.69, 9.17) is 9.26 Å². The van der Waals surface area contributed by atoms with Gasteiger partial charge >= 0.3 is 0 Å².